The molecular formula is C19H24N2O2. The van der Waals surface area contributed by atoms with Gasteiger partial charge in [0.2, 0.25) is 5.91 Å². The summed E-state index contributed by atoms with van der Waals surface area (Å²) in [7, 11) is 1.62. The number of anilines is 2. The summed E-state index contributed by atoms with van der Waals surface area (Å²) in [6.45, 7) is 6.33. The molecule has 0 bridgehead atoms. The van der Waals surface area contributed by atoms with E-state index in [1.807, 2.05) is 48.5 Å². The van der Waals surface area contributed by atoms with Gasteiger partial charge in [0.25, 0.3) is 0 Å². The van der Waals surface area contributed by atoms with E-state index in [2.05, 4.69) is 31.4 Å². The van der Waals surface area contributed by atoms with Gasteiger partial charge >= 0.3 is 0 Å². The van der Waals surface area contributed by atoms with Crippen LogP contribution >= 0.6 is 0 Å². The number of rotatable bonds is 5. The number of methoxy groups -OCH3 is 1. The minimum Gasteiger partial charge on any atom is -0.497 e. The van der Waals surface area contributed by atoms with Crippen molar-refractivity contribution in [3.8, 4) is 5.75 Å². The van der Waals surface area contributed by atoms with E-state index in [4.69, 9.17) is 4.74 Å². The molecule has 2 N–H and O–H groups in total. The lowest BCUT2D eigenvalue weighted by Gasteiger charge is -2.22. The highest BCUT2D eigenvalue weighted by Crippen LogP contribution is 2.18. The van der Waals surface area contributed by atoms with Crippen LogP contribution in [-0.4, -0.2) is 18.6 Å². The van der Waals surface area contributed by atoms with Gasteiger partial charge in [0, 0.05) is 16.9 Å². The van der Waals surface area contributed by atoms with Crippen LogP contribution in [-0.2, 0) is 11.2 Å². The van der Waals surface area contributed by atoms with Gasteiger partial charge in [-0.3, -0.25) is 4.79 Å². The van der Waals surface area contributed by atoms with Crippen molar-refractivity contribution in [2.75, 3.05) is 17.7 Å². The number of benzene rings is 2. The largest absolute Gasteiger partial charge is 0.497 e. The van der Waals surface area contributed by atoms with E-state index in [9.17, 15) is 4.79 Å². The van der Waals surface area contributed by atoms with Crippen LogP contribution in [0.5, 0.6) is 5.75 Å². The zero-order chi connectivity index (χ0) is 16.9. The van der Waals surface area contributed by atoms with Gasteiger partial charge in [0.05, 0.1) is 13.5 Å². The Morgan fingerprint density at radius 2 is 1.52 bits per heavy atom. The highest BCUT2D eigenvalue weighted by Gasteiger charge is 2.09. The molecule has 0 heterocycles. The van der Waals surface area contributed by atoms with Crippen molar-refractivity contribution in [1.29, 1.82) is 0 Å². The standard InChI is InChI=1S/C19H24N2O2/c1-19(2,3)21-16-9-7-15(8-10-16)20-18(22)13-14-5-11-17(23-4)12-6-14/h5-12,21H,13H2,1-4H3,(H,20,22). The molecule has 23 heavy (non-hydrogen) atoms. The summed E-state index contributed by atoms with van der Waals surface area (Å²) in [4.78, 5) is 12.1. The third kappa shape index (κ3) is 5.66. The van der Waals surface area contributed by atoms with Crippen molar-refractivity contribution >= 4 is 17.3 Å². The summed E-state index contributed by atoms with van der Waals surface area (Å²) in [5.74, 6) is 0.753. The fourth-order valence-corrected chi connectivity index (χ4v) is 2.20. The average Bonchev–Trinajstić information content (AvgIpc) is 2.48. The van der Waals surface area contributed by atoms with Crippen LogP contribution in [0.15, 0.2) is 48.5 Å². The summed E-state index contributed by atoms with van der Waals surface area (Å²) >= 11 is 0. The van der Waals surface area contributed by atoms with Crippen LogP contribution in [0.3, 0.4) is 0 Å². The summed E-state index contributed by atoms with van der Waals surface area (Å²) < 4.78 is 5.11. The molecule has 0 saturated heterocycles. The van der Waals surface area contributed by atoms with E-state index < -0.39 is 0 Å². The van der Waals surface area contributed by atoms with Crippen molar-refractivity contribution in [3.63, 3.8) is 0 Å². The predicted octanol–water partition coefficient (Wildman–Crippen LogP) is 4.09. The van der Waals surface area contributed by atoms with Gasteiger partial charge in [-0.1, -0.05) is 12.1 Å². The Bertz CT molecular complexity index is 641. The maximum absolute atomic E-state index is 12.1. The lowest BCUT2D eigenvalue weighted by atomic mass is 10.1. The maximum Gasteiger partial charge on any atom is 0.228 e. The normalized spacial score (nSPS) is 11.0. The van der Waals surface area contributed by atoms with Crippen LogP contribution < -0.4 is 15.4 Å². The first kappa shape index (κ1) is 16.9. The molecule has 2 aromatic rings. The van der Waals surface area contributed by atoms with Crippen LogP contribution in [0.2, 0.25) is 0 Å². The smallest absolute Gasteiger partial charge is 0.228 e. The highest BCUT2D eigenvalue weighted by molar-refractivity contribution is 5.92. The molecule has 0 spiro atoms. The fourth-order valence-electron chi connectivity index (χ4n) is 2.20. The van der Waals surface area contributed by atoms with Crippen molar-refractivity contribution in [2.45, 2.75) is 32.7 Å². The number of ether oxygens (including phenoxy) is 1. The first-order valence-electron chi connectivity index (χ1n) is 7.67. The van der Waals surface area contributed by atoms with E-state index in [-0.39, 0.29) is 11.4 Å². The highest BCUT2D eigenvalue weighted by atomic mass is 16.5. The molecule has 0 aliphatic rings. The molecule has 0 aliphatic heterocycles. The molecule has 0 saturated carbocycles. The van der Waals surface area contributed by atoms with Gasteiger partial charge in [-0.2, -0.15) is 0 Å². The van der Waals surface area contributed by atoms with E-state index in [1.54, 1.807) is 7.11 Å². The quantitative estimate of drug-likeness (QED) is 0.874. The van der Waals surface area contributed by atoms with Gasteiger partial charge in [0.1, 0.15) is 5.75 Å². The number of nitrogens with one attached hydrogen (secondary N) is 2. The zero-order valence-corrected chi connectivity index (χ0v) is 14.1. The molecule has 0 aromatic heterocycles. The fraction of sp³-hybridized carbons (Fsp3) is 0.316. The summed E-state index contributed by atoms with van der Waals surface area (Å²) in [5, 5.41) is 6.30. The van der Waals surface area contributed by atoms with Crippen molar-refractivity contribution in [2.24, 2.45) is 0 Å². The third-order valence-corrected chi connectivity index (χ3v) is 3.21. The summed E-state index contributed by atoms with van der Waals surface area (Å²) in [5.41, 5.74) is 2.79. The van der Waals surface area contributed by atoms with Crippen LogP contribution in [0.1, 0.15) is 26.3 Å². The Morgan fingerprint density at radius 3 is 2.04 bits per heavy atom. The Morgan fingerprint density at radius 1 is 0.957 bits per heavy atom. The van der Waals surface area contributed by atoms with Crippen molar-refractivity contribution < 1.29 is 9.53 Å². The number of hydrogen-bond donors (Lipinski definition) is 2. The monoisotopic (exact) mass is 312 g/mol. The molecule has 0 aliphatic carbocycles. The van der Waals surface area contributed by atoms with E-state index in [1.165, 1.54) is 0 Å². The Hall–Kier alpha value is -2.49. The molecule has 1 amide bonds. The molecule has 2 aromatic carbocycles. The number of hydrogen-bond acceptors (Lipinski definition) is 3. The van der Waals surface area contributed by atoms with Crippen LogP contribution in [0.4, 0.5) is 11.4 Å². The van der Waals surface area contributed by atoms with Gasteiger partial charge in [0.15, 0.2) is 0 Å². The predicted molar refractivity (Wildman–Crippen MR) is 95.1 cm³/mol. The second-order valence-electron chi connectivity index (χ2n) is 6.53. The Balaban J connectivity index is 1.91. The van der Waals surface area contributed by atoms with E-state index in [0.29, 0.717) is 6.42 Å². The first-order valence-corrected chi connectivity index (χ1v) is 7.67. The second kappa shape index (κ2) is 7.18. The van der Waals surface area contributed by atoms with E-state index >= 15 is 0 Å². The molecule has 0 fully saturated rings. The van der Waals surface area contributed by atoms with Gasteiger partial charge in [-0.25, -0.2) is 0 Å². The first-order chi connectivity index (χ1) is 10.9. The molecule has 0 radical (unpaired) electrons. The summed E-state index contributed by atoms with van der Waals surface area (Å²) in [6.07, 6.45) is 0.339. The third-order valence-electron chi connectivity index (χ3n) is 3.21. The molecule has 4 nitrogen and oxygen atoms in total. The maximum atomic E-state index is 12.1. The van der Waals surface area contributed by atoms with Crippen molar-refractivity contribution in [1.82, 2.24) is 0 Å². The lowest BCUT2D eigenvalue weighted by molar-refractivity contribution is -0.115. The van der Waals surface area contributed by atoms with Gasteiger partial charge < -0.3 is 15.4 Å². The molecule has 0 unspecified atom stereocenters. The molecule has 4 heteroatoms. The zero-order valence-electron chi connectivity index (χ0n) is 14.1. The van der Waals surface area contributed by atoms with Crippen molar-refractivity contribution in [3.05, 3.63) is 54.1 Å². The topological polar surface area (TPSA) is 50.4 Å². The molecule has 122 valence electrons. The van der Waals surface area contributed by atoms with Gasteiger partial charge in [-0.15, -0.1) is 0 Å². The van der Waals surface area contributed by atoms with Crippen LogP contribution in [0.25, 0.3) is 0 Å². The van der Waals surface area contributed by atoms with Crippen LogP contribution in [0, 0.1) is 0 Å². The minimum atomic E-state index is -0.0355. The minimum absolute atomic E-state index is 0.0130. The SMILES string of the molecule is COc1ccc(CC(=O)Nc2ccc(NC(C)(C)C)cc2)cc1. The lowest BCUT2D eigenvalue weighted by Crippen LogP contribution is -2.25. The molecule has 0 atom stereocenters. The Kier molecular flexibility index (Phi) is 5.27. The molecule has 2 rings (SSSR count). The number of carbonyl (C=O) groups is 1. The summed E-state index contributed by atoms with van der Waals surface area (Å²) in [6, 6.07) is 15.2. The number of carbonyl (C=O) groups excluding carboxylic acids is 1. The second-order valence-corrected chi connectivity index (χ2v) is 6.53. The Labute approximate surface area is 137 Å². The van der Waals surface area contributed by atoms with E-state index in [0.717, 1.165) is 22.7 Å². The number of amides is 1. The molecular weight excluding hydrogens is 288 g/mol. The average molecular weight is 312 g/mol. The van der Waals surface area contributed by atoms with Gasteiger partial charge in [-0.05, 0) is 62.7 Å².